The van der Waals surface area contributed by atoms with Crippen LogP contribution in [0.25, 0.3) is 0 Å². The van der Waals surface area contributed by atoms with E-state index in [1.165, 1.54) is 18.5 Å². The molecule has 3 N–H and O–H groups in total. The third kappa shape index (κ3) is 4.25. The van der Waals surface area contributed by atoms with Gasteiger partial charge in [-0.05, 0) is 30.9 Å². The number of hydrogen-bond donors (Lipinski definition) is 3. The molecule has 21 heavy (non-hydrogen) atoms. The Bertz CT molecular complexity index is 445. The van der Waals surface area contributed by atoms with Crippen LogP contribution in [0.5, 0.6) is 5.75 Å². The second kappa shape index (κ2) is 7.52. The molecule has 1 aliphatic rings. The molecule has 118 valence electrons. The number of methoxy groups -OCH3 is 1. The van der Waals surface area contributed by atoms with Gasteiger partial charge in [-0.1, -0.05) is 6.92 Å². The van der Waals surface area contributed by atoms with Crippen LogP contribution < -0.4 is 15.0 Å². The molecule has 1 atom stereocenters. The number of hydrogen-bond acceptors (Lipinski definition) is 5. The average molecular weight is 294 g/mol. The topological polar surface area (TPSA) is 65.0 Å². The fraction of sp³-hybridized carbons (Fsp3) is 0.625. The highest BCUT2D eigenvalue weighted by Crippen LogP contribution is 2.31. The lowest BCUT2D eigenvalue weighted by atomic mass is 9.99. The van der Waals surface area contributed by atoms with Crippen LogP contribution >= 0.6 is 0 Å². The molecule has 1 aromatic carbocycles. The van der Waals surface area contributed by atoms with Crippen molar-refractivity contribution in [3.63, 3.8) is 0 Å². The van der Waals surface area contributed by atoms with E-state index >= 15 is 0 Å². The Morgan fingerprint density at radius 1 is 1.38 bits per heavy atom. The van der Waals surface area contributed by atoms with Crippen LogP contribution in [-0.2, 0) is 0 Å². The molecular weight excluding hydrogens is 268 g/mol. The minimum absolute atomic E-state index is 0.251. The molecule has 1 saturated heterocycles. The van der Waals surface area contributed by atoms with Crippen LogP contribution in [0.3, 0.4) is 0 Å². The lowest BCUT2D eigenvalue weighted by molar-refractivity contribution is 0.105. The van der Waals surface area contributed by atoms with Gasteiger partial charge < -0.3 is 25.2 Å². The smallest absolute Gasteiger partial charge is 0.144 e. The monoisotopic (exact) mass is 294 g/mol. The van der Waals surface area contributed by atoms with Gasteiger partial charge in [0.25, 0.3) is 0 Å². The van der Waals surface area contributed by atoms with Crippen LogP contribution in [0.4, 0.5) is 11.4 Å². The molecule has 5 heteroatoms. The average Bonchev–Trinajstić information content (AvgIpc) is 2.53. The van der Waals surface area contributed by atoms with Crippen molar-refractivity contribution in [2.75, 3.05) is 43.6 Å². The normalized spacial score (nSPS) is 17.6. The molecule has 1 fully saturated rings. The highest BCUT2D eigenvalue weighted by atomic mass is 16.5. The largest absolute Gasteiger partial charge is 0.495 e. The Morgan fingerprint density at radius 3 is 2.71 bits per heavy atom. The molecule has 2 rings (SSSR count). The molecule has 5 nitrogen and oxygen atoms in total. The van der Waals surface area contributed by atoms with Crippen molar-refractivity contribution in [3.05, 3.63) is 18.2 Å². The van der Waals surface area contributed by atoms with Gasteiger partial charge >= 0.3 is 0 Å². The zero-order chi connectivity index (χ0) is 15.2. The van der Waals surface area contributed by atoms with E-state index < -0.39 is 6.10 Å². The maximum absolute atomic E-state index is 9.40. The van der Waals surface area contributed by atoms with Gasteiger partial charge in [-0.25, -0.2) is 0 Å². The summed E-state index contributed by atoms with van der Waals surface area (Å²) < 4.78 is 5.43. The summed E-state index contributed by atoms with van der Waals surface area (Å²) in [6.07, 6.45) is 1.69. The number of piperidine rings is 1. The second-order valence-corrected chi connectivity index (χ2v) is 5.77. The summed E-state index contributed by atoms with van der Waals surface area (Å²) in [6.45, 7) is 4.52. The number of anilines is 2. The summed E-state index contributed by atoms with van der Waals surface area (Å²) >= 11 is 0. The predicted molar refractivity (Wildman–Crippen MR) is 85.2 cm³/mol. The van der Waals surface area contributed by atoms with Crippen LogP contribution in [0.2, 0.25) is 0 Å². The van der Waals surface area contributed by atoms with Crippen LogP contribution in [0.1, 0.15) is 19.8 Å². The van der Waals surface area contributed by atoms with E-state index in [-0.39, 0.29) is 6.61 Å². The Balaban J connectivity index is 2.05. The minimum Gasteiger partial charge on any atom is -0.495 e. The molecule has 0 radical (unpaired) electrons. The molecule has 0 spiro atoms. The van der Waals surface area contributed by atoms with E-state index in [1.54, 1.807) is 7.11 Å². The van der Waals surface area contributed by atoms with E-state index in [9.17, 15) is 5.11 Å². The Morgan fingerprint density at radius 2 is 2.10 bits per heavy atom. The Labute approximate surface area is 126 Å². The number of aliphatic hydroxyl groups excluding tert-OH is 2. The number of nitrogens with one attached hydrogen (secondary N) is 1. The standard InChI is InChI=1S/C16H26N2O3/c1-12-5-7-18(8-6-12)13-3-4-15(16(9-13)21-2)17-10-14(20)11-19/h3-4,9,12,14,17,19-20H,5-8,10-11H2,1-2H3. The lowest BCUT2D eigenvalue weighted by Gasteiger charge is -2.32. The number of rotatable bonds is 6. The SMILES string of the molecule is COc1cc(N2CCC(C)CC2)ccc1NCC(O)CO. The third-order valence-corrected chi connectivity index (χ3v) is 4.07. The molecule has 0 aromatic heterocycles. The summed E-state index contributed by atoms with van der Waals surface area (Å²) in [5.74, 6) is 1.57. The van der Waals surface area contributed by atoms with E-state index in [1.807, 2.05) is 12.1 Å². The number of benzene rings is 1. The second-order valence-electron chi connectivity index (χ2n) is 5.77. The molecule has 1 unspecified atom stereocenters. The molecule has 0 amide bonds. The predicted octanol–water partition coefficient (Wildman–Crippen LogP) is 1.70. The summed E-state index contributed by atoms with van der Waals surface area (Å²) in [7, 11) is 1.64. The van der Waals surface area contributed by atoms with Gasteiger partial charge in [0.2, 0.25) is 0 Å². The van der Waals surface area contributed by atoms with E-state index in [2.05, 4.69) is 23.2 Å². The number of nitrogens with zero attached hydrogens (tertiary/aromatic N) is 1. The first kappa shape index (κ1) is 15.9. The van der Waals surface area contributed by atoms with Crippen molar-refractivity contribution >= 4 is 11.4 Å². The van der Waals surface area contributed by atoms with Gasteiger partial charge in [0, 0.05) is 31.4 Å². The number of ether oxygens (including phenoxy) is 1. The van der Waals surface area contributed by atoms with E-state index in [0.717, 1.165) is 30.4 Å². The van der Waals surface area contributed by atoms with E-state index in [4.69, 9.17) is 9.84 Å². The maximum atomic E-state index is 9.40. The zero-order valence-electron chi connectivity index (χ0n) is 12.9. The molecular formula is C16H26N2O3. The van der Waals surface area contributed by atoms with Crippen molar-refractivity contribution in [2.45, 2.75) is 25.9 Å². The quantitative estimate of drug-likeness (QED) is 0.745. The van der Waals surface area contributed by atoms with Crippen molar-refractivity contribution in [2.24, 2.45) is 5.92 Å². The van der Waals surface area contributed by atoms with Gasteiger partial charge in [-0.15, -0.1) is 0 Å². The first-order valence-electron chi connectivity index (χ1n) is 7.59. The molecule has 0 aliphatic carbocycles. The van der Waals surface area contributed by atoms with Crippen molar-refractivity contribution < 1.29 is 14.9 Å². The van der Waals surface area contributed by atoms with Crippen molar-refractivity contribution in [1.29, 1.82) is 0 Å². The van der Waals surface area contributed by atoms with Crippen LogP contribution in [0, 0.1) is 5.92 Å². The fourth-order valence-electron chi connectivity index (χ4n) is 2.58. The number of aliphatic hydroxyl groups is 2. The lowest BCUT2D eigenvalue weighted by Crippen LogP contribution is -2.32. The minimum atomic E-state index is -0.766. The third-order valence-electron chi connectivity index (χ3n) is 4.07. The Kier molecular flexibility index (Phi) is 5.70. The zero-order valence-corrected chi connectivity index (χ0v) is 12.9. The first-order chi connectivity index (χ1) is 10.1. The maximum Gasteiger partial charge on any atom is 0.144 e. The molecule has 1 aliphatic heterocycles. The molecule has 0 bridgehead atoms. The summed E-state index contributed by atoms with van der Waals surface area (Å²) in [5.41, 5.74) is 2.01. The molecule has 1 aromatic rings. The van der Waals surface area contributed by atoms with Gasteiger partial charge in [0.1, 0.15) is 5.75 Å². The summed E-state index contributed by atoms with van der Waals surface area (Å²) in [6, 6.07) is 6.08. The highest BCUT2D eigenvalue weighted by Gasteiger charge is 2.17. The van der Waals surface area contributed by atoms with Crippen molar-refractivity contribution in [1.82, 2.24) is 0 Å². The van der Waals surface area contributed by atoms with Gasteiger partial charge in [0.15, 0.2) is 0 Å². The van der Waals surface area contributed by atoms with Gasteiger partial charge in [0.05, 0.1) is 25.5 Å². The highest BCUT2D eigenvalue weighted by molar-refractivity contribution is 5.64. The molecule has 1 heterocycles. The van der Waals surface area contributed by atoms with Crippen LogP contribution in [-0.4, -0.2) is 49.7 Å². The fourth-order valence-corrected chi connectivity index (χ4v) is 2.58. The van der Waals surface area contributed by atoms with Gasteiger partial charge in [-0.2, -0.15) is 0 Å². The van der Waals surface area contributed by atoms with Gasteiger partial charge in [-0.3, -0.25) is 0 Å². The van der Waals surface area contributed by atoms with Crippen molar-refractivity contribution in [3.8, 4) is 5.75 Å². The Hall–Kier alpha value is -1.46. The first-order valence-corrected chi connectivity index (χ1v) is 7.59. The summed E-state index contributed by atoms with van der Waals surface area (Å²) in [4.78, 5) is 2.38. The molecule has 0 saturated carbocycles. The van der Waals surface area contributed by atoms with E-state index in [0.29, 0.717) is 6.54 Å². The van der Waals surface area contributed by atoms with Crippen LogP contribution in [0.15, 0.2) is 18.2 Å². The summed E-state index contributed by atoms with van der Waals surface area (Å²) in [5, 5.41) is 21.4.